The average Bonchev–Trinajstić information content (AvgIpc) is 2.54. The molecule has 3 nitrogen and oxygen atoms in total. The number of rotatable bonds is 1. The first-order valence-electron chi connectivity index (χ1n) is 3.31. The number of aromatic nitrogens is 2. The maximum Gasteiger partial charge on any atom is 0.165 e. The Balaban J connectivity index is 2.82. The van der Waals surface area contributed by atoms with Gasteiger partial charge in [-0.3, -0.25) is 4.84 Å². The number of hydrogen-bond donors (Lipinski definition) is 2. The summed E-state index contributed by atoms with van der Waals surface area (Å²) in [4.78, 5) is 8.92. The van der Waals surface area contributed by atoms with Crippen molar-refractivity contribution in [3.05, 3.63) is 24.3 Å². The van der Waals surface area contributed by atoms with Crippen molar-refractivity contribution in [1.82, 2.24) is 9.97 Å². The van der Waals surface area contributed by atoms with E-state index in [1.807, 2.05) is 0 Å². The van der Waals surface area contributed by atoms with Crippen molar-refractivity contribution < 1.29 is 4.39 Å². The smallest absolute Gasteiger partial charge is 0.165 e. The van der Waals surface area contributed by atoms with Crippen LogP contribution in [0.25, 0.3) is 10.9 Å². The summed E-state index contributed by atoms with van der Waals surface area (Å²) in [5.41, 5.74) is 0.574. The Kier molecular flexibility index (Phi) is 1.62. The van der Waals surface area contributed by atoms with E-state index in [-0.39, 0.29) is 5.82 Å². The van der Waals surface area contributed by atoms with E-state index >= 15 is 0 Å². The van der Waals surface area contributed by atoms with Crippen molar-refractivity contribution in [2.45, 2.75) is 0 Å². The summed E-state index contributed by atoms with van der Waals surface area (Å²) in [6.45, 7) is 0. The van der Waals surface area contributed by atoms with Crippen LogP contribution in [0, 0.1) is 5.82 Å². The van der Waals surface area contributed by atoms with Crippen molar-refractivity contribution in [2.24, 2.45) is 0 Å². The molecule has 12 heavy (non-hydrogen) atoms. The first kappa shape index (κ1) is 7.36. The van der Waals surface area contributed by atoms with E-state index in [9.17, 15) is 4.39 Å². The third-order valence-electron chi connectivity index (χ3n) is 1.64. The normalized spacial score (nSPS) is 10.5. The molecule has 0 spiro atoms. The molecule has 2 aromatic heterocycles. The molecule has 0 aliphatic rings. The van der Waals surface area contributed by atoms with Gasteiger partial charge in [-0.25, -0.2) is 9.37 Å². The highest BCUT2D eigenvalue weighted by Gasteiger charge is 2.06. The molecule has 0 saturated heterocycles. The highest BCUT2D eigenvalue weighted by molar-refractivity contribution is 6.25. The van der Waals surface area contributed by atoms with E-state index in [1.54, 1.807) is 12.3 Å². The lowest BCUT2D eigenvalue weighted by Gasteiger charge is -1.98. The molecule has 0 aliphatic carbocycles. The van der Waals surface area contributed by atoms with Gasteiger partial charge >= 0.3 is 0 Å². The van der Waals surface area contributed by atoms with E-state index in [0.29, 0.717) is 16.7 Å². The Bertz CT molecular complexity index is 412. The number of anilines is 1. The predicted molar refractivity (Wildman–Crippen MR) is 45.5 cm³/mol. The molecule has 0 bridgehead atoms. The van der Waals surface area contributed by atoms with E-state index < -0.39 is 0 Å². The standard InChI is InChI=1S/C7H5ClFN3/c8-12-7-6-4(1-2-10-6)5(9)3-11-7/h1-3,10H,(H,11,12). The second-order valence-corrected chi connectivity index (χ2v) is 2.50. The number of aromatic amines is 1. The highest BCUT2D eigenvalue weighted by Crippen LogP contribution is 2.21. The number of nitrogens with one attached hydrogen (secondary N) is 2. The fourth-order valence-electron chi connectivity index (χ4n) is 1.09. The topological polar surface area (TPSA) is 40.7 Å². The van der Waals surface area contributed by atoms with Gasteiger partial charge in [0, 0.05) is 23.4 Å². The zero-order chi connectivity index (χ0) is 8.55. The number of nitrogens with zero attached hydrogens (tertiary/aromatic N) is 1. The lowest BCUT2D eigenvalue weighted by molar-refractivity contribution is 0.634. The lowest BCUT2D eigenvalue weighted by Crippen LogP contribution is -1.89. The second-order valence-electron chi connectivity index (χ2n) is 2.32. The van der Waals surface area contributed by atoms with E-state index in [2.05, 4.69) is 14.8 Å². The molecule has 0 unspecified atom stereocenters. The number of pyridine rings is 1. The molecule has 0 atom stereocenters. The molecule has 0 aliphatic heterocycles. The summed E-state index contributed by atoms with van der Waals surface area (Å²) in [7, 11) is 0. The molecule has 2 rings (SSSR count). The van der Waals surface area contributed by atoms with Gasteiger partial charge < -0.3 is 4.98 Å². The van der Waals surface area contributed by atoms with Gasteiger partial charge in [-0.15, -0.1) is 0 Å². The predicted octanol–water partition coefficient (Wildman–Crippen LogP) is 2.27. The number of fused-ring (bicyclic) bond motifs is 1. The maximum atomic E-state index is 13.0. The summed E-state index contributed by atoms with van der Waals surface area (Å²) in [5, 5.41) is 0.480. The summed E-state index contributed by atoms with van der Waals surface area (Å²) in [6.07, 6.45) is 2.76. The van der Waals surface area contributed by atoms with Crippen molar-refractivity contribution in [3.63, 3.8) is 0 Å². The molecular weight excluding hydrogens is 181 g/mol. The van der Waals surface area contributed by atoms with E-state index in [4.69, 9.17) is 11.8 Å². The molecule has 62 valence electrons. The summed E-state index contributed by atoms with van der Waals surface area (Å²) in [5.74, 6) is 0.0694. The monoisotopic (exact) mass is 185 g/mol. The first-order chi connectivity index (χ1) is 5.83. The van der Waals surface area contributed by atoms with Crippen LogP contribution in [-0.4, -0.2) is 9.97 Å². The Morgan fingerprint density at radius 1 is 1.58 bits per heavy atom. The van der Waals surface area contributed by atoms with Crippen molar-refractivity contribution >= 4 is 28.5 Å². The second kappa shape index (κ2) is 2.64. The molecule has 0 radical (unpaired) electrons. The summed E-state index contributed by atoms with van der Waals surface area (Å²) >= 11 is 5.36. The lowest BCUT2D eigenvalue weighted by atomic mass is 10.3. The highest BCUT2D eigenvalue weighted by atomic mass is 35.5. The Hall–Kier alpha value is -1.29. The molecule has 0 fully saturated rings. The van der Waals surface area contributed by atoms with Crippen LogP contribution in [0.5, 0.6) is 0 Å². The van der Waals surface area contributed by atoms with Crippen LogP contribution in [-0.2, 0) is 0 Å². The van der Waals surface area contributed by atoms with Crippen LogP contribution < -0.4 is 4.84 Å². The Labute approximate surface area is 72.7 Å². The molecule has 0 saturated carbocycles. The van der Waals surface area contributed by atoms with E-state index in [1.165, 1.54) is 0 Å². The van der Waals surface area contributed by atoms with Gasteiger partial charge in [0.25, 0.3) is 0 Å². The van der Waals surface area contributed by atoms with Gasteiger partial charge in [-0.2, -0.15) is 0 Å². The van der Waals surface area contributed by atoms with Crippen molar-refractivity contribution in [3.8, 4) is 0 Å². The van der Waals surface area contributed by atoms with Crippen LogP contribution in [0.1, 0.15) is 0 Å². The fourth-order valence-corrected chi connectivity index (χ4v) is 1.23. The zero-order valence-electron chi connectivity index (χ0n) is 5.94. The minimum atomic E-state index is -0.359. The quantitative estimate of drug-likeness (QED) is 0.670. The third kappa shape index (κ3) is 0.921. The van der Waals surface area contributed by atoms with Gasteiger partial charge in [0.1, 0.15) is 0 Å². The minimum Gasteiger partial charge on any atom is -0.358 e. The number of halogens is 2. The minimum absolute atomic E-state index is 0.359. The van der Waals surface area contributed by atoms with Gasteiger partial charge in [-0.1, -0.05) is 0 Å². The molecule has 2 aromatic rings. The van der Waals surface area contributed by atoms with Gasteiger partial charge in [0.05, 0.1) is 11.7 Å². The zero-order valence-corrected chi connectivity index (χ0v) is 6.69. The molecule has 0 amide bonds. The largest absolute Gasteiger partial charge is 0.358 e. The number of H-pyrrole nitrogens is 1. The summed E-state index contributed by atoms with van der Waals surface area (Å²) in [6, 6.07) is 1.63. The van der Waals surface area contributed by atoms with Gasteiger partial charge in [-0.05, 0) is 6.07 Å². The summed E-state index contributed by atoms with van der Waals surface area (Å²) < 4.78 is 13.0. The Morgan fingerprint density at radius 2 is 2.42 bits per heavy atom. The van der Waals surface area contributed by atoms with Gasteiger partial charge in [0.15, 0.2) is 11.6 Å². The third-order valence-corrected chi connectivity index (χ3v) is 1.82. The van der Waals surface area contributed by atoms with Crippen LogP contribution in [0.2, 0.25) is 0 Å². The molecule has 5 heteroatoms. The van der Waals surface area contributed by atoms with Crippen LogP contribution in [0.3, 0.4) is 0 Å². The van der Waals surface area contributed by atoms with Crippen LogP contribution in [0.4, 0.5) is 10.2 Å². The van der Waals surface area contributed by atoms with Crippen LogP contribution >= 0.6 is 11.8 Å². The Morgan fingerprint density at radius 3 is 3.17 bits per heavy atom. The van der Waals surface area contributed by atoms with Crippen molar-refractivity contribution in [2.75, 3.05) is 4.84 Å². The van der Waals surface area contributed by atoms with Crippen molar-refractivity contribution in [1.29, 1.82) is 0 Å². The molecule has 2 heterocycles. The van der Waals surface area contributed by atoms with Crippen LogP contribution in [0.15, 0.2) is 18.5 Å². The molecule has 2 N–H and O–H groups in total. The molecular formula is C7H5ClFN3. The first-order valence-corrected chi connectivity index (χ1v) is 3.69. The number of hydrogen-bond acceptors (Lipinski definition) is 2. The average molecular weight is 186 g/mol. The SMILES string of the molecule is Fc1cnc(NCl)c2[nH]ccc12. The van der Waals surface area contributed by atoms with Gasteiger partial charge in [0.2, 0.25) is 0 Å². The van der Waals surface area contributed by atoms with E-state index in [0.717, 1.165) is 6.20 Å². The molecule has 0 aromatic carbocycles. The maximum absolute atomic E-state index is 13.0. The fraction of sp³-hybridized carbons (Fsp3) is 0.